The van der Waals surface area contributed by atoms with E-state index in [4.69, 9.17) is 5.11 Å². The van der Waals surface area contributed by atoms with Crippen LogP contribution in [0.2, 0.25) is 0 Å². The zero-order valence-electron chi connectivity index (χ0n) is 6.06. The molecule has 0 radical (unpaired) electrons. The van der Waals surface area contributed by atoms with E-state index in [1.165, 1.54) is 6.26 Å². The third-order valence-electron chi connectivity index (χ3n) is 1.70. The van der Waals surface area contributed by atoms with Crippen molar-refractivity contribution < 1.29 is 17.7 Å². The van der Waals surface area contributed by atoms with Crippen molar-refractivity contribution in [1.82, 2.24) is 0 Å². The molecule has 0 aromatic carbocycles. The van der Waals surface area contributed by atoms with Crippen LogP contribution >= 0.6 is 0 Å². The highest BCUT2D eigenvalue weighted by molar-refractivity contribution is 7.94. The van der Waals surface area contributed by atoms with E-state index in [1.54, 1.807) is 0 Å². The van der Waals surface area contributed by atoms with E-state index in [2.05, 4.69) is 0 Å². The van der Waals surface area contributed by atoms with Crippen LogP contribution in [-0.2, 0) is 20.6 Å². The van der Waals surface area contributed by atoms with Gasteiger partial charge in [0.25, 0.3) is 0 Å². The Labute approximate surface area is 68.0 Å². The second kappa shape index (κ2) is 2.84. The Bertz CT molecular complexity index is 268. The molecule has 3 atom stereocenters. The number of aliphatic hydroxyl groups is 1. The minimum atomic E-state index is -3.13. The van der Waals surface area contributed by atoms with Crippen LogP contribution in [0.3, 0.4) is 0 Å². The molecule has 0 aromatic heterocycles. The normalized spacial score (nSPS) is 38.7. The molecule has 1 N–H and O–H groups in total. The van der Waals surface area contributed by atoms with E-state index in [1.807, 2.05) is 0 Å². The van der Waals surface area contributed by atoms with E-state index in [0.29, 0.717) is 0 Å². The Hall–Kier alpha value is 0.0600. The number of hydrogen-bond donors (Lipinski definition) is 1. The zero-order valence-corrected chi connectivity index (χ0v) is 7.69. The molecule has 0 saturated carbocycles. The molecule has 0 aliphatic carbocycles. The average molecular weight is 198 g/mol. The van der Waals surface area contributed by atoms with E-state index in [9.17, 15) is 12.6 Å². The first kappa shape index (κ1) is 9.15. The summed E-state index contributed by atoms with van der Waals surface area (Å²) < 4.78 is 32.6. The highest BCUT2D eigenvalue weighted by Crippen LogP contribution is 2.16. The molecule has 1 aliphatic heterocycles. The summed E-state index contributed by atoms with van der Waals surface area (Å²) in [7, 11) is -4.38. The van der Waals surface area contributed by atoms with Gasteiger partial charge in [0.1, 0.15) is 0 Å². The molecule has 11 heavy (non-hydrogen) atoms. The Balaban J connectivity index is 2.83. The predicted molar refractivity (Wildman–Crippen MR) is 42.5 cm³/mol. The summed E-state index contributed by atoms with van der Waals surface area (Å²) in [6, 6.07) is 0. The zero-order chi connectivity index (χ0) is 8.65. The standard InChI is InChI=1S/C5H10O4S2/c1-10(7)5-3-11(8,9)2-4(5)6/h4-6H,2-3H2,1H3. The van der Waals surface area contributed by atoms with E-state index >= 15 is 0 Å². The van der Waals surface area contributed by atoms with Crippen LogP contribution in [0.5, 0.6) is 0 Å². The maximum atomic E-state index is 10.9. The summed E-state index contributed by atoms with van der Waals surface area (Å²) in [6.07, 6.45) is 0.472. The molecule has 1 aliphatic rings. The summed E-state index contributed by atoms with van der Waals surface area (Å²) in [5, 5.41) is 8.54. The second-order valence-corrected chi connectivity index (χ2v) is 6.44. The van der Waals surface area contributed by atoms with Crippen molar-refractivity contribution in [2.45, 2.75) is 11.4 Å². The Morgan fingerprint density at radius 1 is 1.45 bits per heavy atom. The molecular formula is C5H10O4S2. The quantitative estimate of drug-likeness (QED) is 0.558. The van der Waals surface area contributed by atoms with Crippen molar-refractivity contribution in [1.29, 1.82) is 0 Å². The van der Waals surface area contributed by atoms with Gasteiger partial charge in [-0.15, -0.1) is 0 Å². The number of aliphatic hydroxyl groups excluding tert-OH is 1. The summed E-state index contributed by atoms with van der Waals surface area (Å²) in [5.41, 5.74) is 0. The first-order chi connectivity index (χ1) is 4.92. The summed E-state index contributed by atoms with van der Waals surface area (Å²) in [6.45, 7) is 0. The van der Waals surface area contributed by atoms with Crippen LogP contribution in [0.4, 0.5) is 0 Å². The average Bonchev–Trinajstić information content (AvgIpc) is 2.05. The molecule has 4 nitrogen and oxygen atoms in total. The van der Waals surface area contributed by atoms with Crippen molar-refractivity contribution in [2.75, 3.05) is 17.8 Å². The van der Waals surface area contributed by atoms with Crippen LogP contribution < -0.4 is 0 Å². The lowest BCUT2D eigenvalue weighted by molar-refractivity contribution is 0.206. The fraction of sp³-hybridized carbons (Fsp3) is 1.00. The summed E-state index contributed by atoms with van der Waals surface area (Å²) >= 11 is 0. The SMILES string of the molecule is CS(=O)C1CS(=O)(=O)CC1O. The van der Waals surface area contributed by atoms with E-state index < -0.39 is 32.0 Å². The van der Waals surface area contributed by atoms with Gasteiger partial charge in [0, 0.05) is 17.1 Å². The molecule has 0 bridgehead atoms. The Morgan fingerprint density at radius 2 is 2.00 bits per heavy atom. The van der Waals surface area contributed by atoms with Gasteiger partial charge in [-0.2, -0.15) is 0 Å². The van der Waals surface area contributed by atoms with Gasteiger partial charge in [0.2, 0.25) is 0 Å². The predicted octanol–water partition coefficient (Wildman–Crippen LogP) is -1.48. The summed E-state index contributed by atoms with van der Waals surface area (Å²) in [4.78, 5) is 0. The minimum Gasteiger partial charge on any atom is -0.391 e. The fourth-order valence-corrected chi connectivity index (χ4v) is 4.77. The lowest BCUT2D eigenvalue weighted by Crippen LogP contribution is -2.27. The number of rotatable bonds is 1. The van der Waals surface area contributed by atoms with Crippen molar-refractivity contribution in [2.24, 2.45) is 0 Å². The first-order valence-electron chi connectivity index (χ1n) is 3.13. The largest absolute Gasteiger partial charge is 0.391 e. The van der Waals surface area contributed by atoms with Crippen LogP contribution in [0.25, 0.3) is 0 Å². The third kappa shape index (κ3) is 2.00. The fourth-order valence-electron chi connectivity index (χ4n) is 1.11. The maximum Gasteiger partial charge on any atom is 0.154 e. The van der Waals surface area contributed by atoms with Gasteiger partial charge in [-0.3, -0.25) is 4.21 Å². The lowest BCUT2D eigenvalue weighted by Gasteiger charge is -2.07. The van der Waals surface area contributed by atoms with Gasteiger partial charge in [0.05, 0.1) is 22.9 Å². The molecular weight excluding hydrogens is 188 g/mol. The second-order valence-electron chi connectivity index (χ2n) is 2.68. The van der Waals surface area contributed by atoms with Crippen LogP contribution in [-0.4, -0.2) is 46.8 Å². The first-order valence-corrected chi connectivity index (χ1v) is 6.57. The van der Waals surface area contributed by atoms with Crippen molar-refractivity contribution in [3.05, 3.63) is 0 Å². The van der Waals surface area contributed by atoms with Gasteiger partial charge in [0.15, 0.2) is 9.84 Å². The molecule has 3 unspecified atom stereocenters. The number of sulfone groups is 1. The molecule has 1 fully saturated rings. The highest BCUT2D eigenvalue weighted by atomic mass is 32.2. The van der Waals surface area contributed by atoms with Gasteiger partial charge >= 0.3 is 0 Å². The van der Waals surface area contributed by atoms with Crippen LogP contribution in [0.15, 0.2) is 0 Å². The molecule has 66 valence electrons. The molecule has 0 amide bonds. The minimum absolute atomic E-state index is 0.142. The highest BCUT2D eigenvalue weighted by Gasteiger charge is 2.38. The van der Waals surface area contributed by atoms with Gasteiger partial charge < -0.3 is 5.11 Å². The molecule has 1 saturated heterocycles. The third-order valence-corrected chi connectivity index (χ3v) is 4.96. The Morgan fingerprint density at radius 3 is 2.18 bits per heavy atom. The van der Waals surface area contributed by atoms with Crippen LogP contribution in [0.1, 0.15) is 0 Å². The van der Waals surface area contributed by atoms with Crippen molar-refractivity contribution in [3.8, 4) is 0 Å². The lowest BCUT2D eigenvalue weighted by atomic mass is 10.3. The maximum absolute atomic E-state index is 10.9. The summed E-state index contributed by atoms with van der Waals surface area (Å²) in [5.74, 6) is -0.380. The molecule has 1 heterocycles. The van der Waals surface area contributed by atoms with Crippen molar-refractivity contribution >= 4 is 20.6 Å². The monoisotopic (exact) mass is 198 g/mol. The smallest absolute Gasteiger partial charge is 0.154 e. The number of hydrogen-bond acceptors (Lipinski definition) is 4. The Kier molecular flexibility index (Phi) is 2.36. The van der Waals surface area contributed by atoms with Gasteiger partial charge in [-0.05, 0) is 0 Å². The topological polar surface area (TPSA) is 71.4 Å². The molecule has 0 spiro atoms. The van der Waals surface area contributed by atoms with E-state index in [-0.39, 0.29) is 11.5 Å². The molecule has 6 heteroatoms. The molecule has 0 aromatic rings. The van der Waals surface area contributed by atoms with E-state index in [0.717, 1.165) is 0 Å². The van der Waals surface area contributed by atoms with Crippen LogP contribution in [0, 0.1) is 0 Å². The van der Waals surface area contributed by atoms with Gasteiger partial charge in [-0.25, -0.2) is 8.42 Å². The van der Waals surface area contributed by atoms with Crippen molar-refractivity contribution in [3.63, 3.8) is 0 Å². The molecule has 1 rings (SSSR count). The van der Waals surface area contributed by atoms with Gasteiger partial charge in [-0.1, -0.05) is 0 Å².